The minimum Gasteiger partial charge on any atom is -0.445 e. The van der Waals surface area contributed by atoms with E-state index in [-0.39, 0.29) is 17.8 Å². The summed E-state index contributed by atoms with van der Waals surface area (Å²) in [4.78, 5) is 11.8. The average Bonchev–Trinajstić information content (AvgIpc) is 2.54. The molecule has 0 saturated heterocycles. The fourth-order valence-electron chi connectivity index (χ4n) is 2.31. The van der Waals surface area contributed by atoms with Gasteiger partial charge in [-0.2, -0.15) is 0 Å². The van der Waals surface area contributed by atoms with E-state index in [1.165, 1.54) is 0 Å². The van der Waals surface area contributed by atoms with Crippen molar-refractivity contribution in [3.8, 4) is 0 Å². The van der Waals surface area contributed by atoms with Crippen molar-refractivity contribution in [2.75, 3.05) is 12.3 Å². The van der Waals surface area contributed by atoms with Crippen LogP contribution in [0.3, 0.4) is 0 Å². The zero-order valence-corrected chi connectivity index (χ0v) is 15.1. The van der Waals surface area contributed by atoms with E-state index in [2.05, 4.69) is 5.32 Å². The highest BCUT2D eigenvalue weighted by Gasteiger charge is 2.28. The zero-order valence-electron chi connectivity index (χ0n) is 13.5. The molecule has 5 nitrogen and oxygen atoms in total. The molecule has 23 heavy (non-hydrogen) atoms. The largest absolute Gasteiger partial charge is 0.445 e. The lowest BCUT2D eigenvalue weighted by Crippen LogP contribution is -2.38. The summed E-state index contributed by atoms with van der Waals surface area (Å²) < 4.78 is 27.5. The monoisotopic (exact) mass is 361 g/mol. The number of halogens is 1. The van der Waals surface area contributed by atoms with Gasteiger partial charge in [-0.25, -0.2) is 13.2 Å². The highest BCUT2D eigenvalue weighted by atomic mass is 35.7. The van der Waals surface area contributed by atoms with Gasteiger partial charge in [-0.05, 0) is 30.2 Å². The predicted molar refractivity (Wildman–Crippen MR) is 91.9 cm³/mol. The molecule has 0 spiro atoms. The van der Waals surface area contributed by atoms with Gasteiger partial charge in [0.05, 0.1) is 5.75 Å². The van der Waals surface area contributed by atoms with E-state index in [4.69, 9.17) is 15.4 Å². The zero-order chi connectivity index (χ0) is 17.3. The summed E-state index contributed by atoms with van der Waals surface area (Å²) in [5.74, 6) is -0.100. The van der Waals surface area contributed by atoms with Gasteiger partial charge in [0.2, 0.25) is 9.05 Å². The highest BCUT2D eigenvalue weighted by Crippen LogP contribution is 2.30. The molecular weight excluding hydrogens is 338 g/mol. The van der Waals surface area contributed by atoms with Crippen molar-refractivity contribution in [2.24, 2.45) is 5.41 Å². The second-order valence-electron chi connectivity index (χ2n) is 5.62. The first kappa shape index (κ1) is 19.8. The molecule has 0 atom stereocenters. The summed E-state index contributed by atoms with van der Waals surface area (Å²) in [6.45, 7) is 4.51. The summed E-state index contributed by atoms with van der Waals surface area (Å²) in [7, 11) is 1.76. The van der Waals surface area contributed by atoms with Crippen molar-refractivity contribution in [2.45, 2.75) is 39.7 Å². The van der Waals surface area contributed by atoms with Gasteiger partial charge in [0, 0.05) is 17.2 Å². The third-order valence-corrected chi connectivity index (χ3v) is 5.35. The average molecular weight is 362 g/mol. The molecule has 7 heteroatoms. The second-order valence-corrected chi connectivity index (χ2v) is 8.51. The SMILES string of the molecule is CCC(CC)(CCS(=O)(=O)Cl)CNC(=O)OCc1ccccc1. The molecule has 0 fully saturated rings. The third kappa shape index (κ3) is 7.70. The summed E-state index contributed by atoms with van der Waals surface area (Å²) >= 11 is 0. The molecule has 130 valence electrons. The van der Waals surface area contributed by atoms with Gasteiger partial charge in [0.15, 0.2) is 0 Å². The lowest BCUT2D eigenvalue weighted by molar-refractivity contribution is 0.130. The molecule has 1 aromatic carbocycles. The molecule has 0 heterocycles. The maximum Gasteiger partial charge on any atom is 0.407 e. The van der Waals surface area contributed by atoms with E-state index < -0.39 is 15.1 Å². The van der Waals surface area contributed by atoms with E-state index in [0.29, 0.717) is 13.0 Å². The Hall–Kier alpha value is -1.27. The summed E-state index contributed by atoms with van der Waals surface area (Å²) in [6, 6.07) is 9.40. The number of hydrogen-bond donors (Lipinski definition) is 1. The smallest absolute Gasteiger partial charge is 0.407 e. The Balaban J connectivity index is 2.49. The van der Waals surface area contributed by atoms with Crippen molar-refractivity contribution < 1.29 is 17.9 Å². The van der Waals surface area contributed by atoms with Crippen molar-refractivity contribution in [1.29, 1.82) is 0 Å². The molecule has 1 amide bonds. The van der Waals surface area contributed by atoms with Gasteiger partial charge in [-0.3, -0.25) is 0 Å². The molecule has 0 radical (unpaired) electrons. The van der Waals surface area contributed by atoms with Crippen molar-refractivity contribution >= 4 is 25.8 Å². The normalized spacial score (nSPS) is 12.0. The van der Waals surface area contributed by atoms with Crippen LogP contribution in [0, 0.1) is 5.41 Å². The van der Waals surface area contributed by atoms with Crippen LogP contribution in [0.5, 0.6) is 0 Å². The maximum atomic E-state index is 11.8. The van der Waals surface area contributed by atoms with Gasteiger partial charge >= 0.3 is 6.09 Å². The number of ether oxygens (including phenoxy) is 1. The molecular formula is C16H24ClNO4S. The molecule has 0 bridgehead atoms. The minimum absolute atomic E-state index is 0.100. The first-order chi connectivity index (χ1) is 10.8. The lowest BCUT2D eigenvalue weighted by atomic mass is 9.80. The lowest BCUT2D eigenvalue weighted by Gasteiger charge is -2.31. The topological polar surface area (TPSA) is 72.5 Å². The van der Waals surface area contributed by atoms with E-state index in [0.717, 1.165) is 18.4 Å². The van der Waals surface area contributed by atoms with Gasteiger partial charge in [-0.15, -0.1) is 0 Å². The molecule has 1 N–H and O–H groups in total. The molecule has 0 unspecified atom stereocenters. The number of hydrogen-bond acceptors (Lipinski definition) is 4. The summed E-state index contributed by atoms with van der Waals surface area (Å²) in [5.41, 5.74) is 0.612. The van der Waals surface area contributed by atoms with Crippen LogP contribution in [0.1, 0.15) is 38.7 Å². The predicted octanol–water partition coefficient (Wildman–Crippen LogP) is 3.68. The molecule has 0 aliphatic heterocycles. The van der Waals surface area contributed by atoms with Gasteiger partial charge in [0.1, 0.15) is 6.61 Å². The van der Waals surface area contributed by atoms with Crippen LogP contribution in [0.2, 0.25) is 0 Å². The number of carbonyl (C=O) groups is 1. The number of rotatable bonds is 9. The Morgan fingerprint density at radius 3 is 2.35 bits per heavy atom. The molecule has 0 aliphatic carbocycles. The summed E-state index contributed by atoms with van der Waals surface area (Å²) in [6.07, 6.45) is 1.39. The van der Waals surface area contributed by atoms with Gasteiger partial charge < -0.3 is 10.1 Å². The van der Waals surface area contributed by atoms with Crippen molar-refractivity contribution in [3.05, 3.63) is 35.9 Å². The van der Waals surface area contributed by atoms with Crippen LogP contribution in [0.4, 0.5) is 4.79 Å². The van der Waals surface area contributed by atoms with Crippen LogP contribution < -0.4 is 5.32 Å². The molecule has 0 saturated carbocycles. The Morgan fingerprint density at radius 2 is 1.83 bits per heavy atom. The first-order valence-corrected chi connectivity index (χ1v) is 10.1. The van der Waals surface area contributed by atoms with Gasteiger partial charge in [0.25, 0.3) is 0 Å². The first-order valence-electron chi connectivity index (χ1n) is 7.67. The third-order valence-electron chi connectivity index (χ3n) is 4.20. The van der Waals surface area contributed by atoms with E-state index in [1.54, 1.807) is 0 Å². The minimum atomic E-state index is -3.53. The Bertz CT molecular complexity index is 585. The van der Waals surface area contributed by atoms with Crippen LogP contribution in [0.25, 0.3) is 0 Å². The number of amides is 1. The quantitative estimate of drug-likeness (QED) is 0.681. The van der Waals surface area contributed by atoms with Crippen LogP contribution in [-0.4, -0.2) is 26.8 Å². The van der Waals surface area contributed by atoms with Crippen molar-refractivity contribution in [1.82, 2.24) is 5.32 Å². The number of benzene rings is 1. The van der Waals surface area contributed by atoms with E-state index in [1.807, 2.05) is 44.2 Å². The number of alkyl carbamates (subject to hydrolysis) is 1. The molecule has 0 aliphatic rings. The molecule has 1 aromatic rings. The number of nitrogens with one attached hydrogen (secondary N) is 1. The van der Waals surface area contributed by atoms with Crippen LogP contribution in [0.15, 0.2) is 30.3 Å². The van der Waals surface area contributed by atoms with Gasteiger partial charge in [-0.1, -0.05) is 44.2 Å². The Labute approximate surface area is 142 Å². The van der Waals surface area contributed by atoms with Crippen molar-refractivity contribution in [3.63, 3.8) is 0 Å². The standard InChI is InChI=1S/C16H24ClNO4S/c1-3-16(4-2,10-11-23(17,20)21)13-18-15(19)22-12-14-8-6-5-7-9-14/h5-9H,3-4,10-13H2,1-2H3,(H,18,19). The van der Waals surface area contributed by atoms with E-state index >= 15 is 0 Å². The summed E-state index contributed by atoms with van der Waals surface area (Å²) in [5, 5.41) is 2.73. The Kier molecular flexibility index (Phi) is 7.85. The molecule has 1 rings (SSSR count). The fourth-order valence-corrected chi connectivity index (χ4v) is 3.22. The molecule has 0 aromatic heterocycles. The van der Waals surface area contributed by atoms with E-state index in [9.17, 15) is 13.2 Å². The highest BCUT2D eigenvalue weighted by molar-refractivity contribution is 8.13. The maximum absolute atomic E-state index is 11.8. The fraction of sp³-hybridized carbons (Fsp3) is 0.562. The Morgan fingerprint density at radius 1 is 1.22 bits per heavy atom. The second kappa shape index (κ2) is 9.13. The number of carbonyl (C=O) groups excluding carboxylic acids is 1. The van der Waals surface area contributed by atoms with Crippen LogP contribution >= 0.6 is 10.7 Å². The van der Waals surface area contributed by atoms with Crippen LogP contribution in [-0.2, 0) is 20.4 Å².